The maximum Gasteiger partial charge on any atom is 0.212 e. The second-order valence-corrected chi connectivity index (χ2v) is 7.91. The van der Waals surface area contributed by atoms with Crippen molar-refractivity contribution in [3.63, 3.8) is 0 Å². The number of hydrogen-bond donors (Lipinski definition) is 2. The van der Waals surface area contributed by atoms with E-state index in [0.29, 0.717) is 5.88 Å². The van der Waals surface area contributed by atoms with Crippen LogP contribution in [0.5, 0.6) is 5.88 Å². The number of nitrogens with one attached hydrogen (secondary N) is 2. The number of thiophene rings is 1. The van der Waals surface area contributed by atoms with Crippen LogP contribution in [0.2, 0.25) is 0 Å². The molecule has 0 radical (unpaired) electrons. The molecule has 6 rings (SSSR count). The predicted octanol–water partition coefficient (Wildman–Crippen LogP) is 4.66. The van der Waals surface area contributed by atoms with Crippen LogP contribution >= 0.6 is 11.3 Å². The van der Waals surface area contributed by atoms with Gasteiger partial charge < -0.3 is 9.72 Å². The summed E-state index contributed by atoms with van der Waals surface area (Å²) in [5, 5.41) is 7.88. The van der Waals surface area contributed by atoms with Crippen molar-refractivity contribution in [2.75, 3.05) is 7.11 Å². The summed E-state index contributed by atoms with van der Waals surface area (Å²) in [5.74, 6) is 0.627. The lowest BCUT2D eigenvalue weighted by atomic mass is 10.1. The number of aromatic amines is 2. The van der Waals surface area contributed by atoms with Crippen molar-refractivity contribution in [3.05, 3.63) is 59.4 Å². The number of ether oxygens (including phenoxy) is 1. The van der Waals surface area contributed by atoms with Crippen LogP contribution in [-0.2, 0) is 6.42 Å². The minimum Gasteiger partial charge on any atom is -0.481 e. The fraction of sp³-hybridized carbons (Fsp3) is 0.0952. The summed E-state index contributed by atoms with van der Waals surface area (Å²) < 4.78 is 5.15. The van der Waals surface area contributed by atoms with Gasteiger partial charge in [-0.1, -0.05) is 6.07 Å². The van der Waals surface area contributed by atoms with Crippen LogP contribution in [0.1, 0.15) is 10.4 Å². The summed E-state index contributed by atoms with van der Waals surface area (Å²) in [5.41, 5.74) is 8.84. The van der Waals surface area contributed by atoms with E-state index in [0.717, 1.165) is 40.0 Å². The molecule has 1 aliphatic rings. The standard InChI is InChI=1S/C21H15N5OS/c1-27-19-5-3-12(9-22-19)17-7-13-18(28-17)8-14-20(25-26-21(13)14)11-2-4-15-16(6-11)24-10-23-15/h2-7,9-10H,8H2,1H3,(H,23,24)(H,25,26). The first-order valence-corrected chi connectivity index (χ1v) is 9.76. The van der Waals surface area contributed by atoms with Gasteiger partial charge in [0.05, 0.1) is 35.9 Å². The quantitative estimate of drug-likeness (QED) is 0.464. The SMILES string of the molecule is COc1ccc(-c2cc3c(s2)Cc2c(-c4ccc5nc[nH]c5c4)n[nH]c2-3)cn1. The number of aromatic nitrogens is 5. The zero-order valence-corrected chi connectivity index (χ0v) is 15.8. The van der Waals surface area contributed by atoms with Gasteiger partial charge in [0, 0.05) is 50.7 Å². The highest BCUT2D eigenvalue weighted by Crippen LogP contribution is 2.46. The van der Waals surface area contributed by atoms with Crippen LogP contribution in [0.25, 0.3) is 44.0 Å². The lowest BCUT2D eigenvalue weighted by Gasteiger charge is -2.01. The second kappa shape index (κ2) is 5.77. The van der Waals surface area contributed by atoms with Gasteiger partial charge in [0.1, 0.15) is 0 Å². The van der Waals surface area contributed by atoms with Crippen LogP contribution in [0.3, 0.4) is 0 Å². The molecule has 4 heterocycles. The van der Waals surface area contributed by atoms with Gasteiger partial charge in [-0.05, 0) is 24.3 Å². The van der Waals surface area contributed by atoms with E-state index in [-0.39, 0.29) is 0 Å². The number of imidazole rings is 1. The number of fused-ring (bicyclic) bond motifs is 4. The van der Waals surface area contributed by atoms with E-state index in [4.69, 9.17) is 4.74 Å². The van der Waals surface area contributed by atoms with Crippen LogP contribution in [0, 0.1) is 0 Å². The van der Waals surface area contributed by atoms with Gasteiger partial charge in [-0.15, -0.1) is 11.3 Å². The molecule has 28 heavy (non-hydrogen) atoms. The molecule has 2 N–H and O–H groups in total. The van der Waals surface area contributed by atoms with E-state index in [1.807, 2.05) is 35.7 Å². The first-order chi connectivity index (χ1) is 13.8. The molecule has 1 aliphatic carbocycles. The van der Waals surface area contributed by atoms with Crippen molar-refractivity contribution in [3.8, 4) is 38.8 Å². The van der Waals surface area contributed by atoms with E-state index < -0.39 is 0 Å². The zero-order chi connectivity index (χ0) is 18.7. The molecule has 0 aliphatic heterocycles. The lowest BCUT2D eigenvalue weighted by molar-refractivity contribution is 0.398. The molecular weight excluding hydrogens is 370 g/mol. The number of hydrogen-bond acceptors (Lipinski definition) is 5. The number of methoxy groups -OCH3 is 1. The van der Waals surface area contributed by atoms with E-state index in [2.05, 4.69) is 43.3 Å². The van der Waals surface area contributed by atoms with E-state index in [1.54, 1.807) is 13.4 Å². The van der Waals surface area contributed by atoms with E-state index in [1.165, 1.54) is 20.9 Å². The average Bonchev–Trinajstić information content (AvgIpc) is 3.48. The Bertz CT molecular complexity index is 1330. The highest BCUT2D eigenvalue weighted by atomic mass is 32.1. The van der Waals surface area contributed by atoms with Crippen molar-refractivity contribution in [1.82, 2.24) is 25.1 Å². The molecule has 0 amide bonds. The normalized spacial score (nSPS) is 12.3. The van der Waals surface area contributed by atoms with Crippen molar-refractivity contribution in [2.45, 2.75) is 6.42 Å². The van der Waals surface area contributed by atoms with E-state index >= 15 is 0 Å². The number of rotatable bonds is 3. The molecule has 0 bridgehead atoms. The summed E-state index contributed by atoms with van der Waals surface area (Å²) in [6.45, 7) is 0. The lowest BCUT2D eigenvalue weighted by Crippen LogP contribution is -1.86. The predicted molar refractivity (Wildman–Crippen MR) is 110 cm³/mol. The molecule has 1 aromatic carbocycles. The summed E-state index contributed by atoms with van der Waals surface area (Å²) >= 11 is 1.81. The van der Waals surface area contributed by atoms with Crippen LogP contribution in [0.4, 0.5) is 0 Å². The molecule has 6 nitrogen and oxygen atoms in total. The van der Waals surface area contributed by atoms with Crippen LogP contribution < -0.4 is 4.74 Å². The minimum atomic E-state index is 0.627. The fourth-order valence-electron chi connectivity index (χ4n) is 3.80. The molecule has 0 unspecified atom stereocenters. The second-order valence-electron chi connectivity index (χ2n) is 6.77. The Labute approximate surface area is 164 Å². The third-order valence-corrected chi connectivity index (χ3v) is 6.39. The van der Waals surface area contributed by atoms with E-state index in [9.17, 15) is 0 Å². The molecule has 136 valence electrons. The summed E-state index contributed by atoms with van der Waals surface area (Å²) in [6, 6.07) is 12.4. The molecule has 7 heteroatoms. The number of nitrogens with zero attached hydrogens (tertiary/aromatic N) is 3. The molecule has 0 atom stereocenters. The third-order valence-electron chi connectivity index (χ3n) is 5.21. The summed E-state index contributed by atoms with van der Waals surface area (Å²) in [7, 11) is 1.63. The summed E-state index contributed by atoms with van der Waals surface area (Å²) in [6.07, 6.45) is 4.47. The monoisotopic (exact) mass is 385 g/mol. The molecule has 4 aromatic heterocycles. The van der Waals surface area contributed by atoms with Crippen LogP contribution in [0.15, 0.2) is 48.9 Å². The molecule has 5 aromatic rings. The third kappa shape index (κ3) is 2.23. The van der Waals surface area contributed by atoms with Crippen molar-refractivity contribution in [2.24, 2.45) is 0 Å². The van der Waals surface area contributed by atoms with Gasteiger partial charge in [0.2, 0.25) is 5.88 Å². The van der Waals surface area contributed by atoms with Crippen molar-refractivity contribution >= 4 is 22.4 Å². The Morgan fingerprint density at radius 3 is 2.86 bits per heavy atom. The van der Waals surface area contributed by atoms with Gasteiger partial charge in [-0.2, -0.15) is 5.10 Å². The first-order valence-electron chi connectivity index (χ1n) is 8.94. The largest absolute Gasteiger partial charge is 0.481 e. The number of H-pyrrole nitrogens is 2. The Morgan fingerprint density at radius 2 is 2.00 bits per heavy atom. The Hall–Kier alpha value is -3.45. The highest BCUT2D eigenvalue weighted by Gasteiger charge is 2.28. The molecule has 0 spiro atoms. The Kier molecular flexibility index (Phi) is 3.21. The van der Waals surface area contributed by atoms with Gasteiger partial charge >= 0.3 is 0 Å². The average molecular weight is 385 g/mol. The molecule has 0 fully saturated rings. The van der Waals surface area contributed by atoms with Crippen LogP contribution in [-0.4, -0.2) is 32.3 Å². The maximum atomic E-state index is 5.15. The zero-order valence-electron chi connectivity index (χ0n) is 15.0. The minimum absolute atomic E-state index is 0.627. The van der Waals surface area contributed by atoms with Gasteiger partial charge in [-0.3, -0.25) is 5.10 Å². The first kappa shape index (κ1) is 15.6. The Balaban J connectivity index is 1.39. The summed E-state index contributed by atoms with van der Waals surface area (Å²) in [4.78, 5) is 14.4. The topological polar surface area (TPSA) is 79.5 Å². The van der Waals surface area contributed by atoms with Gasteiger partial charge in [0.25, 0.3) is 0 Å². The van der Waals surface area contributed by atoms with Gasteiger partial charge in [0.15, 0.2) is 0 Å². The van der Waals surface area contributed by atoms with Crippen molar-refractivity contribution in [1.29, 1.82) is 0 Å². The Morgan fingerprint density at radius 1 is 1.07 bits per heavy atom. The molecule has 0 saturated heterocycles. The number of pyridine rings is 1. The van der Waals surface area contributed by atoms with Crippen molar-refractivity contribution < 1.29 is 4.74 Å². The molecular formula is C21H15N5OS. The highest BCUT2D eigenvalue weighted by molar-refractivity contribution is 7.16. The smallest absolute Gasteiger partial charge is 0.212 e. The maximum absolute atomic E-state index is 5.15. The fourth-order valence-corrected chi connectivity index (χ4v) is 4.97. The van der Waals surface area contributed by atoms with Gasteiger partial charge in [-0.25, -0.2) is 9.97 Å². The molecule has 0 saturated carbocycles. The number of benzene rings is 1.